The summed E-state index contributed by atoms with van der Waals surface area (Å²) in [6.07, 6.45) is 0.931. The van der Waals surface area contributed by atoms with E-state index in [1.807, 2.05) is 0 Å². The van der Waals surface area contributed by atoms with E-state index in [1.54, 1.807) is 19.2 Å². The van der Waals surface area contributed by atoms with Crippen molar-refractivity contribution in [2.24, 2.45) is 0 Å². The van der Waals surface area contributed by atoms with Gasteiger partial charge in [-0.2, -0.15) is 0 Å². The van der Waals surface area contributed by atoms with Gasteiger partial charge in [0.05, 0.1) is 11.5 Å². The van der Waals surface area contributed by atoms with Crippen LogP contribution in [0, 0.1) is 13.7 Å². The van der Waals surface area contributed by atoms with E-state index in [9.17, 15) is 10.1 Å². The molecule has 0 fully saturated rings. The van der Waals surface area contributed by atoms with Crippen molar-refractivity contribution in [1.82, 2.24) is 0 Å². The lowest BCUT2D eigenvalue weighted by atomic mass is 10.2. The van der Waals surface area contributed by atoms with E-state index in [4.69, 9.17) is 4.74 Å². The molecule has 0 amide bonds. The molecular formula is C11H15IN2O3. The number of benzene rings is 1. The normalized spacial score (nSPS) is 12.2. The molecule has 0 aliphatic carbocycles. The van der Waals surface area contributed by atoms with E-state index >= 15 is 0 Å². The molecule has 0 aromatic heterocycles. The van der Waals surface area contributed by atoms with E-state index in [-0.39, 0.29) is 11.7 Å². The highest BCUT2D eigenvalue weighted by Crippen LogP contribution is 2.24. The van der Waals surface area contributed by atoms with Crippen LogP contribution in [0.2, 0.25) is 0 Å². The molecule has 1 aromatic carbocycles. The van der Waals surface area contributed by atoms with Crippen LogP contribution in [0.4, 0.5) is 11.4 Å². The molecule has 1 N–H and O–H groups in total. The lowest BCUT2D eigenvalue weighted by Crippen LogP contribution is -2.24. The van der Waals surface area contributed by atoms with Crippen LogP contribution in [0.3, 0.4) is 0 Å². The van der Waals surface area contributed by atoms with Crippen molar-refractivity contribution in [2.75, 3.05) is 19.0 Å². The lowest BCUT2D eigenvalue weighted by Gasteiger charge is -2.18. The fourth-order valence-corrected chi connectivity index (χ4v) is 2.07. The predicted molar refractivity (Wildman–Crippen MR) is 75.4 cm³/mol. The molecule has 0 saturated heterocycles. The Balaban J connectivity index is 2.81. The van der Waals surface area contributed by atoms with Gasteiger partial charge in [0, 0.05) is 34.5 Å². The Morgan fingerprint density at radius 2 is 2.29 bits per heavy atom. The molecule has 1 rings (SSSR count). The fraction of sp³-hybridized carbons (Fsp3) is 0.455. The summed E-state index contributed by atoms with van der Waals surface area (Å²) in [6, 6.07) is 5.01. The molecule has 0 spiro atoms. The third-order valence-corrected chi connectivity index (χ3v) is 3.28. The van der Waals surface area contributed by atoms with Crippen molar-refractivity contribution in [1.29, 1.82) is 0 Å². The number of nitro benzene ring substituents is 1. The van der Waals surface area contributed by atoms with Gasteiger partial charge >= 0.3 is 0 Å². The number of nitrogens with zero attached hydrogens (tertiary/aromatic N) is 1. The molecule has 1 atom stereocenters. The number of ether oxygens (including phenoxy) is 1. The van der Waals surface area contributed by atoms with Crippen molar-refractivity contribution >= 4 is 34.0 Å². The monoisotopic (exact) mass is 350 g/mol. The smallest absolute Gasteiger partial charge is 0.270 e. The first-order valence-electron chi connectivity index (χ1n) is 5.27. The van der Waals surface area contributed by atoms with Crippen molar-refractivity contribution < 1.29 is 9.66 Å². The van der Waals surface area contributed by atoms with Gasteiger partial charge in [0.15, 0.2) is 0 Å². The molecular weight excluding hydrogens is 335 g/mol. The Morgan fingerprint density at radius 3 is 2.76 bits per heavy atom. The molecule has 94 valence electrons. The summed E-state index contributed by atoms with van der Waals surface area (Å²) in [6.45, 7) is 2.68. The van der Waals surface area contributed by atoms with Crippen LogP contribution in [0.1, 0.15) is 13.3 Å². The largest absolute Gasteiger partial charge is 0.383 e. The number of hydrogen-bond acceptors (Lipinski definition) is 4. The van der Waals surface area contributed by atoms with Gasteiger partial charge < -0.3 is 10.1 Å². The average Bonchev–Trinajstić information content (AvgIpc) is 2.30. The summed E-state index contributed by atoms with van der Waals surface area (Å²) < 4.78 is 5.93. The molecule has 0 saturated carbocycles. The van der Waals surface area contributed by atoms with Gasteiger partial charge in [-0.15, -0.1) is 0 Å². The molecule has 1 aromatic rings. The van der Waals surface area contributed by atoms with Crippen molar-refractivity contribution in [3.8, 4) is 0 Å². The standard InChI is InChI=1S/C11H15IN2O3/c1-3-8(7-17-2)13-11-5-4-9(14(15)16)6-10(11)12/h4-6,8,13H,3,7H2,1-2H3. The summed E-state index contributed by atoms with van der Waals surface area (Å²) >= 11 is 2.09. The Morgan fingerprint density at radius 1 is 1.59 bits per heavy atom. The molecule has 0 aliphatic heterocycles. The SMILES string of the molecule is CCC(COC)Nc1ccc([N+](=O)[O-])cc1I. The Kier molecular flexibility index (Phi) is 5.63. The average molecular weight is 350 g/mol. The van der Waals surface area contributed by atoms with Gasteiger partial charge in [-0.1, -0.05) is 6.92 Å². The zero-order chi connectivity index (χ0) is 12.8. The molecule has 5 nitrogen and oxygen atoms in total. The highest BCUT2D eigenvalue weighted by atomic mass is 127. The molecule has 0 aliphatic rings. The second kappa shape index (κ2) is 6.75. The topological polar surface area (TPSA) is 64.4 Å². The van der Waals surface area contributed by atoms with Crippen molar-refractivity contribution in [2.45, 2.75) is 19.4 Å². The van der Waals surface area contributed by atoms with E-state index in [2.05, 4.69) is 34.8 Å². The van der Waals surface area contributed by atoms with E-state index in [0.29, 0.717) is 6.61 Å². The predicted octanol–water partition coefficient (Wildman–Crippen LogP) is 3.04. The Bertz CT molecular complexity index is 398. The molecule has 1 unspecified atom stereocenters. The maximum absolute atomic E-state index is 10.6. The number of halogens is 1. The first-order chi connectivity index (χ1) is 8.08. The minimum absolute atomic E-state index is 0.111. The third kappa shape index (κ3) is 4.12. The minimum Gasteiger partial charge on any atom is -0.383 e. The van der Waals surface area contributed by atoms with Gasteiger partial charge in [-0.25, -0.2) is 0 Å². The molecule has 0 radical (unpaired) electrons. The van der Waals surface area contributed by atoms with Crippen LogP contribution in [-0.2, 0) is 4.74 Å². The van der Waals surface area contributed by atoms with E-state index in [0.717, 1.165) is 15.7 Å². The minimum atomic E-state index is -0.390. The summed E-state index contributed by atoms with van der Waals surface area (Å²) in [4.78, 5) is 10.2. The number of nitro groups is 1. The van der Waals surface area contributed by atoms with Crippen LogP contribution >= 0.6 is 22.6 Å². The zero-order valence-electron chi connectivity index (χ0n) is 9.77. The van der Waals surface area contributed by atoms with Crippen molar-refractivity contribution in [3.63, 3.8) is 0 Å². The summed E-state index contributed by atoms with van der Waals surface area (Å²) in [5.41, 5.74) is 1.01. The Hall–Kier alpha value is -0.890. The lowest BCUT2D eigenvalue weighted by molar-refractivity contribution is -0.384. The quantitative estimate of drug-likeness (QED) is 0.487. The Labute approximate surface area is 114 Å². The van der Waals surface area contributed by atoms with Gasteiger partial charge in [0.25, 0.3) is 5.69 Å². The highest BCUT2D eigenvalue weighted by molar-refractivity contribution is 14.1. The zero-order valence-corrected chi connectivity index (χ0v) is 11.9. The third-order valence-electron chi connectivity index (χ3n) is 2.38. The van der Waals surface area contributed by atoms with Gasteiger partial charge in [-0.05, 0) is 35.1 Å². The second-order valence-electron chi connectivity index (χ2n) is 3.63. The fourth-order valence-electron chi connectivity index (χ4n) is 1.42. The second-order valence-corrected chi connectivity index (χ2v) is 4.79. The van der Waals surface area contributed by atoms with E-state index in [1.165, 1.54) is 6.07 Å². The van der Waals surface area contributed by atoms with Crippen LogP contribution in [-0.4, -0.2) is 24.7 Å². The number of hydrogen-bond donors (Lipinski definition) is 1. The number of methoxy groups -OCH3 is 1. The molecule has 0 heterocycles. The van der Waals surface area contributed by atoms with Crippen LogP contribution in [0.15, 0.2) is 18.2 Å². The van der Waals surface area contributed by atoms with Gasteiger partial charge in [-0.3, -0.25) is 10.1 Å². The van der Waals surface area contributed by atoms with Gasteiger partial charge in [0.2, 0.25) is 0 Å². The number of anilines is 1. The van der Waals surface area contributed by atoms with Gasteiger partial charge in [0.1, 0.15) is 0 Å². The van der Waals surface area contributed by atoms with Crippen LogP contribution in [0.25, 0.3) is 0 Å². The molecule has 6 heteroatoms. The molecule has 0 bridgehead atoms. The molecule has 17 heavy (non-hydrogen) atoms. The highest BCUT2D eigenvalue weighted by Gasteiger charge is 2.11. The van der Waals surface area contributed by atoms with Crippen LogP contribution < -0.4 is 5.32 Å². The summed E-state index contributed by atoms with van der Waals surface area (Å²) in [5.74, 6) is 0. The van der Waals surface area contributed by atoms with Crippen LogP contribution in [0.5, 0.6) is 0 Å². The number of non-ortho nitro benzene ring substituents is 1. The maximum atomic E-state index is 10.6. The van der Waals surface area contributed by atoms with E-state index < -0.39 is 4.92 Å². The summed E-state index contributed by atoms with van der Waals surface area (Å²) in [5, 5.41) is 13.9. The summed E-state index contributed by atoms with van der Waals surface area (Å²) in [7, 11) is 1.66. The maximum Gasteiger partial charge on any atom is 0.270 e. The first kappa shape index (κ1) is 14.2. The number of nitrogens with one attached hydrogen (secondary N) is 1. The first-order valence-corrected chi connectivity index (χ1v) is 6.35. The van der Waals surface area contributed by atoms with Crippen molar-refractivity contribution in [3.05, 3.63) is 31.9 Å². The number of rotatable bonds is 6.